The molecular weight excluding hydrogens is 276 g/mol. The van der Waals surface area contributed by atoms with Crippen LogP contribution in [0.1, 0.15) is 29.7 Å². The molecule has 1 aromatic rings. The Morgan fingerprint density at radius 1 is 1.27 bits per heavy atom. The van der Waals surface area contributed by atoms with Crippen LogP contribution in [0.2, 0.25) is 0 Å². The summed E-state index contributed by atoms with van der Waals surface area (Å²) in [6, 6.07) is 4.26. The maximum atomic E-state index is 9.45. The highest BCUT2D eigenvalue weighted by atomic mass is 16.5. The van der Waals surface area contributed by atoms with Crippen LogP contribution in [0.4, 0.5) is 5.82 Å². The minimum Gasteiger partial charge on any atom is -0.371 e. The van der Waals surface area contributed by atoms with Gasteiger partial charge in [-0.1, -0.05) is 0 Å². The van der Waals surface area contributed by atoms with Gasteiger partial charge in [-0.05, 0) is 45.4 Å². The third kappa shape index (κ3) is 2.81. The van der Waals surface area contributed by atoms with Crippen molar-refractivity contribution in [1.29, 1.82) is 5.26 Å². The summed E-state index contributed by atoms with van der Waals surface area (Å²) in [7, 11) is 2.16. The second kappa shape index (κ2) is 5.86. The Labute approximate surface area is 132 Å². The van der Waals surface area contributed by atoms with E-state index >= 15 is 0 Å². The molecule has 22 heavy (non-hydrogen) atoms. The molecular formula is C17H24N4O. The lowest BCUT2D eigenvalue weighted by Gasteiger charge is -2.47. The zero-order chi connectivity index (χ0) is 15.7. The summed E-state index contributed by atoms with van der Waals surface area (Å²) in [5, 5.41) is 9.45. The van der Waals surface area contributed by atoms with Crippen molar-refractivity contribution in [3.63, 3.8) is 0 Å². The molecule has 3 heterocycles. The molecule has 1 aromatic heterocycles. The number of ether oxygens (including phenoxy) is 1. The predicted molar refractivity (Wildman–Crippen MR) is 86.1 cm³/mol. The van der Waals surface area contributed by atoms with Gasteiger partial charge in [0.05, 0.1) is 17.8 Å². The Hall–Kier alpha value is -1.64. The maximum Gasteiger partial charge on any atom is 0.147 e. The SMILES string of the molecule is Cc1cc(C#N)c(N2CCOC3(CCN(C)CC3)C2)nc1C. The van der Waals surface area contributed by atoms with E-state index < -0.39 is 0 Å². The molecule has 2 aliphatic rings. The van der Waals surface area contributed by atoms with E-state index in [9.17, 15) is 5.26 Å². The minimum atomic E-state index is -0.0715. The van der Waals surface area contributed by atoms with E-state index in [1.54, 1.807) is 0 Å². The Balaban J connectivity index is 1.86. The smallest absolute Gasteiger partial charge is 0.147 e. The molecule has 0 saturated carbocycles. The van der Waals surface area contributed by atoms with Crippen LogP contribution in [-0.4, -0.2) is 55.3 Å². The molecule has 0 amide bonds. The standard InChI is InChI=1S/C17H24N4O/c1-13-10-15(11-18)16(19-14(13)2)21-8-9-22-17(12-21)4-6-20(3)7-5-17/h10H,4-9,12H2,1-3H3. The first kappa shape index (κ1) is 15.3. The summed E-state index contributed by atoms with van der Waals surface area (Å²) in [5.41, 5.74) is 2.67. The van der Waals surface area contributed by atoms with Gasteiger partial charge in [0.2, 0.25) is 0 Å². The number of pyridine rings is 1. The number of anilines is 1. The van der Waals surface area contributed by atoms with Crippen molar-refractivity contribution in [1.82, 2.24) is 9.88 Å². The number of hydrogen-bond donors (Lipinski definition) is 0. The van der Waals surface area contributed by atoms with E-state index in [1.807, 2.05) is 19.9 Å². The first-order valence-electron chi connectivity index (χ1n) is 7.99. The molecule has 0 bridgehead atoms. The van der Waals surface area contributed by atoms with Crippen molar-refractivity contribution in [2.24, 2.45) is 0 Å². The fourth-order valence-corrected chi connectivity index (χ4v) is 3.37. The van der Waals surface area contributed by atoms with Gasteiger partial charge in [-0.25, -0.2) is 4.98 Å². The molecule has 118 valence electrons. The largest absolute Gasteiger partial charge is 0.371 e. The summed E-state index contributed by atoms with van der Waals surface area (Å²) in [6.45, 7) is 8.51. The lowest BCUT2D eigenvalue weighted by molar-refractivity contribution is -0.0884. The van der Waals surface area contributed by atoms with Gasteiger partial charge in [-0.15, -0.1) is 0 Å². The predicted octanol–water partition coefficient (Wildman–Crippen LogP) is 1.87. The maximum absolute atomic E-state index is 9.45. The van der Waals surface area contributed by atoms with E-state index in [0.29, 0.717) is 12.2 Å². The molecule has 0 atom stereocenters. The molecule has 0 aromatic carbocycles. The summed E-state index contributed by atoms with van der Waals surface area (Å²) < 4.78 is 6.15. The lowest BCUT2D eigenvalue weighted by atomic mass is 9.89. The highest BCUT2D eigenvalue weighted by molar-refractivity contribution is 5.56. The minimum absolute atomic E-state index is 0.0715. The van der Waals surface area contributed by atoms with Crippen LogP contribution in [0.5, 0.6) is 0 Å². The number of hydrogen-bond acceptors (Lipinski definition) is 5. The number of aryl methyl sites for hydroxylation is 2. The molecule has 0 radical (unpaired) electrons. The molecule has 0 N–H and O–H groups in total. The summed E-state index contributed by atoms with van der Waals surface area (Å²) in [5.74, 6) is 0.826. The molecule has 0 aliphatic carbocycles. The Bertz CT molecular complexity index is 599. The monoisotopic (exact) mass is 300 g/mol. The average molecular weight is 300 g/mol. The molecule has 5 nitrogen and oxygen atoms in total. The number of piperidine rings is 1. The van der Waals surface area contributed by atoms with E-state index in [2.05, 4.69) is 22.9 Å². The van der Waals surface area contributed by atoms with Crippen LogP contribution in [0.15, 0.2) is 6.07 Å². The van der Waals surface area contributed by atoms with Crippen LogP contribution < -0.4 is 4.90 Å². The zero-order valence-electron chi connectivity index (χ0n) is 13.7. The molecule has 2 aliphatic heterocycles. The lowest BCUT2D eigenvalue weighted by Crippen LogP contribution is -2.56. The number of rotatable bonds is 1. The van der Waals surface area contributed by atoms with E-state index in [4.69, 9.17) is 9.72 Å². The molecule has 5 heteroatoms. The number of aromatic nitrogens is 1. The van der Waals surface area contributed by atoms with Crippen molar-refractivity contribution < 1.29 is 4.74 Å². The fraction of sp³-hybridized carbons (Fsp3) is 0.647. The first-order chi connectivity index (χ1) is 10.5. The van der Waals surface area contributed by atoms with Gasteiger partial charge in [0.25, 0.3) is 0 Å². The zero-order valence-corrected chi connectivity index (χ0v) is 13.7. The van der Waals surface area contributed by atoms with Crippen LogP contribution in [0.3, 0.4) is 0 Å². The van der Waals surface area contributed by atoms with Gasteiger partial charge >= 0.3 is 0 Å². The fourth-order valence-electron chi connectivity index (χ4n) is 3.37. The van der Waals surface area contributed by atoms with Gasteiger partial charge in [0.15, 0.2) is 0 Å². The molecule has 2 fully saturated rings. The molecule has 2 saturated heterocycles. The number of nitrogens with zero attached hydrogens (tertiary/aromatic N) is 4. The van der Waals surface area contributed by atoms with Gasteiger partial charge in [-0.3, -0.25) is 0 Å². The topological polar surface area (TPSA) is 52.4 Å². The van der Waals surface area contributed by atoms with E-state index in [-0.39, 0.29) is 5.60 Å². The number of nitriles is 1. The summed E-state index contributed by atoms with van der Waals surface area (Å²) in [4.78, 5) is 9.30. The Morgan fingerprint density at radius 3 is 2.68 bits per heavy atom. The Morgan fingerprint density at radius 2 is 2.00 bits per heavy atom. The molecule has 3 rings (SSSR count). The van der Waals surface area contributed by atoms with Gasteiger partial charge in [-0.2, -0.15) is 5.26 Å². The quantitative estimate of drug-likeness (QED) is 0.792. The highest BCUT2D eigenvalue weighted by Crippen LogP contribution is 2.32. The summed E-state index contributed by atoms with van der Waals surface area (Å²) >= 11 is 0. The third-order valence-electron chi connectivity index (χ3n) is 5.01. The normalized spacial score (nSPS) is 21.8. The van der Waals surface area contributed by atoms with Crippen molar-refractivity contribution in [2.45, 2.75) is 32.3 Å². The molecule has 0 unspecified atom stereocenters. The van der Waals surface area contributed by atoms with Crippen LogP contribution in [-0.2, 0) is 4.74 Å². The van der Waals surface area contributed by atoms with Gasteiger partial charge in [0.1, 0.15) is 11.9 Å². The molecule has 1 spiro atoms. The van der Waals surface area contributed by atoms with Gasteiger partial charge in [0, 0.05) is 31.9 Å². The number of likely N-dealkylation sites (tertiary alicyclic amines) is 1. The van der Waals surface area contributed by atoms with Crippen LogP contribution >= 0.6 is 0 Å². The number of morpholine rings is 1. The van der Waals surface area contributed by atoms with Gasteiger partial charge < -0.3 is 14.5 Å². The summed E-state index contributed by atoms with van der Waals surface area (Å²) in [6.07, 6.45) is 2.10. The van der Waals surface area contributed by atoms with Crippen molar-refractivity contribution in [2.75, 3.05) is 44.7 Å². The van der Waals surface area contributed by atoms with Crippen LogP contribution in [0.25, 0.3) is 0 Å². The highest BCUT2D eigenvalue weighted by Gasteiger charge is 2.39. The second-order valence-corrected chi connectivity index (χ2v) is 6.63. The van der Waals surface area contributed by atoms with E-state index in [1.165, 1.54) is 0 Å². The second-order valence-electron chi connectivity index (χ2n) is 6.63. The van der Waals surface area contributed by atoms with Crippen molar-refractivity contribution in [3.05, 3.63) is 22.9 Å². The Kier molecular flexibility index (Phi) is 4.07. The van der Waals surface area contributed by atoms with Crippen molar-refractivity contribution >= 4 is 5.82 Å². The third-order valence-corrected chi connectivity index (χ3v) is 5.01. The van der Waals surface area contributed by atoms with Crippen molar-refractivity contribution in [3.8, 4) is 6.07 Å². The first-order valence-corrected chi connectivity index (χ1v) is 7.99. The van der Waals surface area contributed by atoms with Crippen LogP contribution in [0, 0.1) is 25.2 Å². The average Bonchev–Trinajstić information content (AvgIpc) is 2.53. The van der Waals surface area contributed by atoms with E-state index in [0.717, 1.165) is 56.1 Å².